The number of hydrogen-bond acceptors (Lipinski definition) is 4. The Balaban J connectivity index is 3.53. The van der Waals surface area contributed by atoms with E-state index in [0.717, 1.165) is 6.07 Å². The van der Waals surface area contributed by atoms with Gasteiger partial charge in [0.15, 0.2) is 0 Å². The van der Waals surface area contributed by atoms with Crippen LogP contribution in [0.15, 0.2) is 18.2 Å². The van der Waals surface area contributed by atoms with Crippen LogP contribution in [0.25, 0.3) is 0 Å². The van der Waals surface area contributed by atoms with E-state index in [-0.39, 0.29) is 3.57 Å². The van der Waals surface area contributed by atoms with Crippen molar-refractivity contribution in [1.29, 1.82) is 0 Å². The van der Waals surface area contributed by atoms with Crippen molar-refractivity contribution in [2.24, 2.45) is 0 Å². The first-order chi connectivity index (χ1) is 11.0. The van der Waals surface area contributed by atoms with E-state index in [0.29, 0.717) is 3.57 Å². The number of esters is 1. The fraction of sp³-hybridized carbons (Fsp3) is 0.364. The van der Waals surface area contributed by atoms with Gasteiger partial charge in [-0.25, -0.2) is 4.79 Å². The second-order valence-corrected chi connectivity index (χ2v) is 8.23. The van der Waals surface area contributed by atoms with Crippen LogP contribution in [0.4, 0.5) is 26.3 Å². The molecule has 0 fully saturated rings. The quantitative estimate of drug-likeness (QED) is 0.241. The molecule has 0 amide bonds. The SMILES string of the molecule is O=C(OC(CS(=O)(=O)O)(C(F)(F)F)C(F)(F)F)c1cccc(I)c1I. The van der Waals surface area contributed by atoms with Crippen LogP contribution in [-0.4, -0.2) is 42.6 Å². The highest BCUT2D eigenvalue weighted by molar-refractivity contribution is 14.1. The topological polar surface area (TPSA) is 80.7 Å². The lowest BCUT2D eigenvalue weighted by Crippen LogP contribution is -2.63. The molecule has 0 aromatic heterocycles. The Morgan fingerprint density at radius 1 is 1.08 bits per heavy atom. The van der Waals surface area contributed by atoms with Crippen LogP contribution in [0.5, 0.6) is 0 Å². The molecule has 1 aromatic rings. The highest BCUT2D eigenvalue weighted by Crippen LogP contribution is 2.47. The molecule has 0 unspecified atom stereocenters. The molecule has 1 rings (SSSR count). The first-order valence-electron chi connectivity index (χ1n) is 5.78. The van der Waals surface area contributed by atoms with Crippen molar-refractivity contribution in [2.75, 3.05) is 5.75 Å². The summed E-state index contributed by atoms with van der Waals surface area (Å²) < 4.78 is 112. The van der Waals surface area contributed by atoms with Crippen molar-refractivity contribution in [3.8, 4) is 0 Å². The van der Waals surface area contributed by atoms with Gasteiger partial charge < -0.3 is 4.74 Å². The molecule has 5 nitrogen and oxygen atoms in total. The van der Waals surface area contributed by atoms with Crippen molar-refractivity contribution < 1.29 is 48.8 Å². The molecule has 0 atom stereocenters. The Bertz CT molecular complexity index is 760. The van der Waals surface area contributed by atoms with Crippen LogP contribution in [0.2, 0.25) is 0 Å². The van der Waals surface area contributed by atoms with Gasteiger partial charge in [-0.3, -0.25) is 4.55 Å². The van der Waals surface area contributed by atoms with Crippen LogP contribution in [0.3, 0.4) is 0 Å². The highest BCUT2D eigenvalue weighted by atomic mass is 127. The number of ether oxygens (including phenoxy) is 1. The molecule has 0 saturated carbocycles. The summed E-state index contributed by atoms with van der Waals surface area (Å²) in [5.41, 5.74) is -6.05. The number of alkyl halides is 6. The van der Waals surface area contributed by atoms with Gasteiger partial charge in [-0.15, -0.1) is 0 Å². The van der Waals surface area contributed by atoms with Crippen molar-refractivity contribution in [2.45, 2.75) is 18.0 Å². The minimum atomic E-state index is -6.36. The van der Waals surface area contributed by atoms with Crippen molar-refractivity contribution in [1.82, 2.24) is 0 Å². The van der Waals surface area contributed by atoms with Crippen molar-refractivity contribution >= 4 is 61.3 Å². The van der Waals surface area contributed by atoms with Gasteiger partial charge in [-0.1, -0.05) is 6.07 Å². The van der Waals surface area contributed by atoms with Gasteiger partial charge in [0.1, 0.15) is 5.75 Å². The van der Waals surface area contributed by atoms with Gasteiger partial charge >= 0.3 is 23.9 Å². The number of carbonyl (C=O) groups excluding carboxylic acids is 1. The maximum atomic E-state index is 13.1. The number of hydrogen-bond donors (Lipinski definition) is 1. The average molecular weight is 618 g/mol. The molecule has 0 radical (unpaired) electrons. The van der Waals surface area contributed by atoms with Gasteiger partial charge in [0.2, 0.25) is 0 Å². The van der Waals surface area contributed by atoms with Crippen LogP contribution in [-0.2, 0) is 14.9 Å². The standard InChI is InChI=1S/C11H6F6I2O5S/c12-10(13,14)9(11(15,16)17,4-25(21,22)23)24-8(20)5-2-1-3-6(18)7(5)19/h1-3H,4H2,(H,21,22,23). The fourth-order valence-electron chi connectivity index (χ4n) is 1.60. The third-order valence-electron chi connectivity index (χ3n) is 2.74. The summed E-state index contributed by atoms with van der Waals surface area (Å²) in [5, 5.41) is 0. The maximum absolute atomic E-state index is 13.1. The number of halogens is 8. The van der Waals surface area contributed by atoms with E-state index in [2.05, 4.69) is 4.74 Å². The Morgan fingerprint density at radius 3 is 1.96 bits per heavy atom. The highest BCUT2D eigenvalue weighted by Gasteiger charge is 2.76. The summed E-state index contributed by atoms with van der Waals surface area (Å²) in [5.74, 6) is -4.96. The third-order valence-corrected chi connectivity index (χ3v) is 6.60. The minimum absolute atomic E-state index is 0.0100. The first kappa shape index (κ1) is 22.7. The van der Waals surface area contributed by atoms with E-state index < -0.39 is 45.4 Å². The summed E-state index contributed by atoms with van der Waals surface area (Å²) in [6, 6.07) is 3.53. The molecule has 0 bridgehead atoms. The summed E-state index contributed by atoms with van der Waals surface area (Å²) >= 11 is 3.18. The molecule has 0 aliphatic carbocycles. The van der Waals surface area contributed by atoms with Gasteiger partial charge in [0.25, 0.3) is 10.1 Å². The number of benzene rings is 1. The third kappa shape index (κ3) is 5.09. The summed E-state index contributed by atoms with van der Waals surface area (Å²) in [4.78, 5) is 11.9. The molecule has 0 saturated heterocycles. The second-order valence-electron chi connectivity index (χ2n) is 4.54. The molecular weight excluding hydrogens is 612 g/mol. The number of rotatable bonds is 4. The molecule has 14 heteroatoms. The largest absolute Gasteiger partial charge is 0.438 e. The average Bonchev–Trinajstić information content (AvgIpc) is 2.36. The summed E-state index contributed by atoms with van der Waals surface area (Å²) in [6.07, 6.45) is -12.7. The monoisotopic (exact) mass is 618 g/mol. The molecule has 142 valence electrons. The normalized spacial score (nSPS) is 13.6. The van der Waals surface area contributed by atoms with E-state index >= 15 is 0 Å². The zero-order valence-electron chi connectivity index (χ0n) is 11.5. The van der Waals surface area contributed by atoms with E-state index in [1.54, 1.807) is 22.6 Å². The zero-order chi connectivity index (χ0) is 19.8. The number of carbonyl (C=O) groups is 1. The van der Waals surface area contributed by atoms with Crippen molar-refractivity contribution in [3.05, 3.63) is 30.9 Å². The predicted octanol–water partition coefficient (Wildman–Crippen LogP) is 3.80. The maximum Gasteiger partial charge on any atom is 0.438 e. The van der Waals surface area contributed by atoms with Gasteiger partial charge in [0, 0.05) is 7.14 Å². The van der Waals surface area contributed by atoms with E-state index in [1.165, 1.54) is 34.7 Å². The second kappa shape index (κ2) is 7.34. The predicted molar refractivity (Wildman–Crippen MR) is 88.5 cm³/mol. The molecule has 0 spiro atoms. The smallest absolute Gasteiger partial charge is 0.435 e. The van der Waals surface area contributed by atoms with E-state index in [1.807, 2.05) is 0 Å². The molecular formula is C11H6F6I2O5S. The van der Waals surface area contributed by atoms with E-state index in [9.17, 15) is 39.6 Å². The molecule has 0 aliphatic rings. The van der Waals surface area contributed by atoms with Gasteiger partial charge in [-0.2, -0.15) is 34.8 Å². The van der Waals surface area contributed by atoms with Crippen LogP contribution in [0.1, 0.15) is 10.4 Å². The fourth-order valence-corrected chi connectivity index (χ4v) is 3.58. The summed E-state index contributed by atoms with van der Waals surface area (Å²) in [7, 11) is -5.81. The summed E-state index contributed by atoms with van der Waals surface area (Å²) in [6.45, 7) is 0. The Hall–Kier alpha value is -0.360. The Kier molecular flexibility index (Phi) is 6.66. The van der Waals surface area contributed by atoms with Gasteiger partial charge in [0.05, 0.1) is 5.56 Å². The lowest BCUT2D eigenvalue weighted by atomic mass is 10.1. The lowest BCUT2D eigenvalue weighted by Gasteiger charge is -2.35. The Labute approximate surface area is 164 Å². The van der Waals surface area contributed by atoms with Crippen LogP contribution in [0, 0.1) is 7.14 Å². The zero-order valence-corrected chi connectivity index (χ0v) is 16.6. The van der Waals surface area contributed by atoms with Crippen LogP contribution >= 0.6 is 45.2 Å². The lowest BCUT2D eigenvalue weighted by molar-refractivity contribution is -0.356. The molecule has 1 aromatic carbocycles. The Morgan fingerprint density at radius 2 is 1.56 bits per heavy atom. The molecule has 0 aliphatic heterocycles. The molecule has 0 heterocycles. The van der Waals surface area contributed by atoms with E-state index in [4.69, 9.17) is 4.55 Å². The minimum Gasteiger partial charge on any atom is -0.435 e. The first-order valence-corrected chi connectivity index (χ1v) is 9.54. The van der Waals surface area contributed by atoms with Gasteiger partial charge in [-0.05, 0) is 57.3 Å². The molecule has 1 N–H and O–H groups in total. The molecule has 25 heavy (non-hydrogen) atoms. The van der Waals surface area contributed by atoms with Crippen molar-refractivity contribution in [3.63, 3.8) is 0 Å². The van der Waals surface area contributed by atoms with Crippen LogP contribution < -0.4 is 0 Å².